The summed E-state index contributed by atoms with van der Waals surface area (Å²) in [7, 11) is -3.27. The Kier molecular flexibility index (Phi) is 6.22. The molecule has 0 saturated carbocycles. The third kappa shape index (κ3) is 4.15. The van der Waals surface area contributed by atoms with Gasteiger partial charge in [-0.1, -0.05) is 24.3 Å². The molecule has 1 aromatic rings. The molecule has 0 bridgehead atoms. The average Bonchev–Trinajstić information content (AvgIpc) is 2.40. The second kappa shape index (κ2) is 7.21. The summed E-state index contributed by atoms with van der Waals surface area (Å²) in [5.74, 6) is 0.0143. The van der Waals surface area contributed by atoms with Crippen LogP contribution >= 0.6 is 0 Å². The van der Waals surface area contributed by atoms with Crippen molar-refractivity contribution in [1.29, 1.82) is 0 Å². The van der Waals surface area contributed by atoms with Crippen LogP contribution in [0.2, 0.25) is 0 Å². The smallest absolute Gasteiger partial charge is 0.218 e. The molecule has 0 spiro atoms. The van der Waals surface area contributed by atoms with Gasteiger partial charge < -0.3 is 22.9 Å². The van der Waals surface area contributed by atoms with E-state index in [2.05, 4.69) is 0 Å². The number of morpholine rings is 1. The lowest BCUT2D eigenvalue weighted by atomic mass is 10.1. The van der Waals surface area contributed by atoms with Crippen LogP contribution in [0, 0.1) is 0 Å². The summed E-state index contributed by atoms with van der Waals surface area (Å²) in [4.78, 5) is 0. The molecule has 108 valence electrons. The normalized spacial score (nSPS) is 16.9. The minimum absolute atomic E-state index is 0. The number of nitrogens with two attached hydrogens (primary N) is 1. The lowest BCUT2D eigenvalue weighted by molar-refractivity contribution is -0.00000675. The average molecular weight is 306 g/mol. The van der Waals surface area contributed by atoms with Crippen LogP contribution in [0.25, 0.3) is 0 Å². The molecule has 0 unspecified atom stereocenters. The van der Waals surface area contributed by atoms with Gasteiger partial charge in [0.05, 0.1) is 19.0 Å². The Bertz CT molecular complexity index is 501. The standard InChI is InChI=1S/C12H18N2O3S.ClH/c13-9-11-3-1-2-4-12(11)10-18(15,16)14-5-7-17-8-6-14;/h1-4H,5-10,13H2;1H/p-1. The summed E-state index contributed by atoms with van der Waals surface area (Å²) in [5.41, 5.74) is 7.29. The van der Waals surface area contributed by atoms with Crippen molar-refractivity contribution in [1.82, 2.24) is 4.31 Å². The first-order valence-electron chi connectivity index (χ1n) is 5.96. The quantitative estimate of drug-likeness (QED) is 0.658. The third-order valence-electron chi connectivity index (χ3n) is 3.04. The van der Waals surface area contributed by atoms with Gasteiger partial charge in [-0.05, 0) is 11.1 Å². The monoisotopic (exact) mass is 305 g/mol. The zero-order valence-electron chi connectivity index (χ0n) is 10.6. The highest BCUT2D eigenvalue weighted by molar-refractivity contribution is 7.88. The Morgan fingerprint density at radius 3 is 2.32 bits per heavy atom. The van der Waals surface area contributed by atoms with Crippen molar-refractivity contribution in [3.8, 4) is 0 Å². The summed E-state index contributed by atoms with van der Waals surface area (Å²) >= 11 is 0. The Morgan fingerprint density at radius 2 is 1.74 bits per heavy atom. The van der Waals surface area contributed by atoms with Gasteiger partial charge in [-0.15, -0.1) is 0 Å². The molecule has 1 saturated heterocycles. The summed E-state index contributed by atoms with van der Waals surface area (Å²) in [6.45, 7) is 2.17. The first-order valence-corrected chi connectivity index (χ1v) is 7.57. The summed E-state index contributed by atoms with van der Waals surface area (Å²) in [5, 5.41) is 0. The number of sulfonamides is 1. The predicted octanol–water partition coefficient (Wildman–Crippen LogP) is -2.69. The second-order valence-corrected chi connectivity index (χ2v) is 6.21. The molecular weight excluding hydrogens is 288 g/mol. The fourth-order valence-corrected chi connectivity index (χ4v) is 3.57. The van der Waals surface area contributed by atoms with Gasteiger partial charge in [0, 0.05) is 19.6 Å². The molecule has 2 N–H and O–H groups in total. The van der Waals surface area contributed by atoms with Gasteiger partial charge in [-0.2, -0.15) is 4.31 Å². The molecule has 0 aliphatic carbocycles. The van der Waals surface area contributed by atoms with E-state index in [0.29, 0.717) is 32.8 Å². The Morgan fingerprint density at radius 1 is 1.16 bits per heavy atom. The van der Waals surface area contributed by atoms with E-state index < -0.39 is 10.0 Å². The zero-order valence-corrected chi connectivity index (χ0v) is 12.2. The van der Waals surface area contributed by atoms with Crippen molar-refractivity contribution in [3.63, 3.8) is 0 Å². The minimum atomic E-state index is -3.27. The molecule has 19 heavy (non-hydrogen) atoms. The molecule has 0 atom stereocenters. The van der Waals surface area contributed by atoms with E-state index in [1.165, 1.54) is 4.31 Å². The summed E-state index contributed by atoms with van der Waals surface area (Å²) in [6, 6.07) is 7.39. The highest BCUT2D eigenvalue weighted by Gasteiger charge is 2.25. The fourth-order valence-electron chi connectivity index (χ4n) is 2.01. The van der Waals surface area contributed by atoms with Crippen LogP contribution in [0.15, 0.2) is 24.3 Å². The molecule has 1 aromatic carbocycles. The van der Waals surface area contributed by atoms with E-state index in [-0.39, 0.29) is 18.2 Å². The van der Waals surface area contributed by atoms with Crippen LogP contribution in [-0.2, 0) is 27.1 Å². The topological polar surface area (TPSA) is 72.6 Å². The highest BCUT2D eigenvalue weighted by Crippen LogP contribution is 2.16. The number of halogens is 1. The molecular formula is C12H18ClN2O3S-. The van der Waals surface area contributed by atoms with Gasteiger partial charge in [-0.3, -0.25) is 0 Å². The number of hydrogen-bond donors (Lipinski definition) is 1. The van der Waals surface area contributed by atoms with Crippen LogP contribution in [0.3, 0.4) is 0 Å². The van der Waals surface area contributed by atoms with Gasteiger partial charge >= 0.3 is 0 Å². The highest BCUT2D eigenvalue weighted by atomic mass is 35.5. The van der Waals surface area contributed by atoms with Crippen LogP contribution in [0.4, 0.5) is 0 Å². The van der Waals surface area contributed by atoms with Gasteiger partial charge in [0.2, 0.25) is 10.0 Å². The molecule has 0 aromatic heterocycles. The largest absolute Gasteiger partial charge is 1.00 e. The second-order valence-electron chi connectivity index (χ2n) is 4.24. The van der Waals surface area contributed by atoms with Gasteiger partial charge in [0.15, 0.2) is 0 Å². The zero-order chi connectivity index (χ0) is 13.0. The molecule has 1 fully saturated rings. The lowest BCUT2D eigenvalue weighted by Crippen LogP contribution is -3.00. The molecule has 5 nitrogen and oxygen atoms in total. The van der Waals surface area contributed by atoms with Gasteiger partial charge in [-0.25, -0.2) is 8.42 Å². The molecule has 1 aliphatic rings. The van der Waals surface area contributed by atoms with Crippen molar-refractivity contribution >= 4 is 10.0 Å². The Labute approximate surface area is 120 Å². The van der Waals surface area contributed by atoms with Crippen LogP contribution < -0.4 is 18.1 Å². The van der Waals surface area contributed by atoms with Crippen LogP contribution in [0.1, 0.15) is 11.1 Å². The number of benzene rings is 1. The Balaban J connectivity index is 0.00000180. The molecule has 0 amide bonds. The van der Waals surface area contributed by atoms with Crippen LogP contribution in [0.5, 0.6) is 0 Å². The Hall–Kier alpha value is -0.660. The maximum atomic E-state index is 12.3. The van der Waals surface area contributed by atoms with E-state index in [4.69, 9.17) is 10.5 Å². The van der Waals surface area contributed by atoms with Crippen molar-refractivity contribution in [3.05, 3.63) is 35.4 Å². The first-order chi connectivity index (χ1) is 8.63. The van der Waals surface area contributed by atoms with E-state index >= 15 is 0 Å². The summed E-state index contributed by atoms with van der Waals surface area (Å²) < 4.78 is 31.2. The van der Waals surface area contributed by atoms with Crippen molar-refractivity contribution in [2.75, 3.05) is 26.3 Å². The van der Waals surface area contributed by atoms with Gasteiger partial charge in [0.25, 0.3) is 0 Å². The van der Waals surface area contributed by atoms with E-state index in [9.17, 15) is 8.42 Å². The molecule has 7 heteroatoms. The maximum Gasteiger partial charge on any atom is 0.218 e. The lowest BCUT2D eigenvalue weighted by Gasteiger charge is -2.26. The number of rotatable bonds is 4. The molecule has 1 aliphatic heterocycles. The van der Waals surface area contributed by atoms with E-state index in [0.717, 1.165) is 11.1 Å². The fraction of sp³-hybridized carbons (Fsp3) is 0.500. The maximum absolute atomic E-state index is 12.3. The summed E-state index contributed by atoms with van der Waals surface area (Å²) in [6.07, 6.45) is 0. The third-order valence-corrected chi connectivity index (χ3v) is 4.87. The number of ether oxygens (including phenoxy) is 1. The van der Waals surface area contributed by atoms with Crippen molar-refractivity contribution in [2.24, 2.45) is 5.73 Å². The van der Waals surface area contributed by atoms with Crippen LogP contribution in [-0.4, -0.2) is 39.0 Å². The number of hydrogen-bond acceptors (Lipinski definition) is 4. The molecule has 1 heterocycles. The van der Waals surface area contributed by atoms with E-state index in [1.807, 2.05) is 24.3 Å². The van der Waals surface area contributed by atoms with Crippen molar-refractivity contribution < 1.29 is 25.6 Å². The van der Waals surface area contributed by atoms with E-state index in [1.54, 1.807) is 0 Å². The van der Waals surface area contributed by atoms with Gasteiger partial charge in [0.1, 0.15) is 0 Å². The molecule has 2 rings (SSSR count). The first kappa shape index (κ1) is 16.4. The SMILES string of the molecule is NCc1ccccc1CS(=O)(=O)N1CCOCC1.[Cl-]. The predicted molar refractivity (Wildman–Crippen MR) is 69.3 cm³/mol. The minimum Gasteiger partial charge on any atom is -1.00 e. The number of nitrogens with zero attached hydrogens (tertiary/aromatic N) is 1. The molecule has 0 radical (unpaired) electrons. The van der Waals surface area contributed by atoms with Crippen molar-refractivity contribution in [2.45, 2.75) is 12.3 Å².